The zero-order valence-corrected chi connectivity index (χ0v) is 12.5. The molecular formula is C15H22BN2O3. The van der Waals surface area contributed by atoms with Crippen molar-refractivity contribution >= 4 is 14.7 Å². The number of aldehydes is 1. The second-order valence-electron chi connectivity index (χ2n) is 6.10. The number of rotatable bonds is 4. The zero-order chi connectivity index (χ0) is 13.9. The lowest BCUT2D eigenvalue weighted by Gasteiger charge is -2.23. The molecule has 1 saturated carbocycles. The molecule has 0 aromatic carbocycles. The average Bonchev–Trinajstić information content (AvgIpc) is 3.09. The van der Waals surface area contributed by atoms with Crippen LogP contribution in [0.1, 0.15) is 57.1 Å². The Hall–Kier alpha value is -1.30. The highest BCUT2D eigenvalue weighted by atomic mass is 16.7. The summed E-state index contributed by atoms with van der Waals surface area (Å²) in [5.74, 6) is 2.69. The molecule has 1 saturated heterocycles. The molecule has 3 rings (SSSR count). The van der Waals surface area contributed by atoms with Gasteiger partial charge in [0.2, 0.25) is 0 Å². The molecule has 2 fully saturated rings. The van der Waals surface area contributed by atoms with Gasteiger partial charge in [-0.2, -0.15) is 0 Å². The summed E-state index contributed by atoms with van der Waals surface area (Å²) >= 11 is 0. The van der Waals surface area contributed by atoms with Crippen molar-refractivity contribution in [3.8, 4) is 5.88 Å². The van der Waals surface area contributed by atoms with Crippen LogP contribution in [0.5, 0.6) is 5.88 Å². The Labute approximate surface area is 127 Å². The van der Waals surface area contributed by atoms with Gasteiger partial charge in [0.15, 0.2) is 0 Å². The number of nitrogens with zero attached hydrogens (tertiary/aromatic N) is 2. The van der Waals surface area contributed by atoms with Gasteiger partial charge in [-0.1, -0.05) is 19.8 Å². The molecule has 1 aromatic heterocycles. The third kappa shape index (κ3) is 3.67. The van der Waals surface area contributed by atoms with Crippen molar-refractivity contribution in [2.24, 2.45) is 5.92 Å². The van der Waals surface area contributed by atoms with E-state index in [0.29, 0.717) is 11.8 Å². The second-order valence-corrected chi connectivity index (χ2v) is 6.10. The van der Waals surface area contributed by atoms with E-state index in [4.69, 9.17) is 9.36 Å². The largest absolute Gasteiger partial charge is 0.382 e. The number of carbonyl (C=O) groups is 1. The number of carbonyl (C=O) groups excluding carboxylic acids is 1. The highest BCUT2D eigenvalue weighted by molar-refractivity contribution is 5.75. The quantitative estimate of drug-likeness (QED) is 0.630. The minimum Gasteiger partial charge on any atom is -0.382 e. The minimum atomic E-state index is -0.148. The topological polar surface area (TPSA) is 55.6 Å². The van der Waals surface area contributed by atoms with Crippen molar-refractivity contribution in [1.82, 2.24) is 10.2 Å². The first-order valence-electron chi connectivity index (χ1n) is 7.63. The summed E-state index contributed by atoms with van der Waals surface area (Å²) in [6.07, 6.45) is 7.61. The van der Waals surface area contributed by atoms with E-state index < -0.39 is 0 Å². The van der Waals surface area contributed by atoms with Gasteiger partial charge >= 0.3 is 0 Å². The summed E-state index contributed by atoms with van der Waals surface area (Å²) in [4.78, 5) is 16.6. The Morgan fingerprint density at radius 3 is 2.81 bits per heavy atom. The maximum atomic E-state index is 10.9. The van der Waals surface area contributed by atoms with Crippen LogP contribution in [0.15, 0.2) is 10.6 Å². The van der Waals surface area contributed by atoms with Crippen LogP contribution in [0.25, 0.3) is 0 Å². The Morgan fingerprint density at radius 2 is 2.10 bits per heavy atom. The highest BCUT2D eigenvalue weighted by Gasteiger charge is 2.28. The molecule has 1 aliphatic carbocycles. The van der Waals surface area contributed by atoms with Crippen molar-refractivity contribution in [3.63, 3.8) is 0 Å². The van der Waals surface area contributed by atoms with Crippen molar-refractivity contribution in [3.05, 3.63) is 11.8 Å². The number of aromatic nitrogens is 1. The van der Waals surface area contributed by atoms with Gasteiger partial charge < -0.3 is 14.2 Å². The monoisotopic (exact) mass is 289 g/mol. The van der Waals surface area contributed by atoms with Gasteiger partial charge in [-0.15, -0.1) is 5.06 Å². The van der Waals surface area contributed by atoms with Crippen LogP contribution in [-0.2, 0) is 4.79 Å². The molecule has 2 aliphatic rings. The molecule has 0 N–H and O–H groups in total. The highest BCUT2D eigenvalue weighted by Crippen LogP contribution is 2.36. The molecule has 113 valence electrons. The molecule has 5 nitrogen and oxygen atoms in total. The SMILES string of the molecule is CC1CCC(c2cc(ON3CCC[C@H]3C=O)no2)CC1.[B]. The summed E-state index contributed by atoms with van der Waals surface area (Å²) in [6.45, 7) is 3.07. The molecule has 0 unspecified atom stereocenters. The van der Waals surface area contributed by atoms with Gasteiger partial charge in [0.25, 0.3) is 5.88 Å². The first-order chi connectivity index (χ1) is 9.76. The second kappa shape index (κ2) is 7.12. The summed E-state index contributed by atoms with van der Waals surface area (Å²) < 4.78 is 5.43. The molecule has 0 amide bonds. The van der Waals surface area contributed by atoms with Gasteiger partial charge in [0.1, 0.15) is 18.1 Å². The van der Waals surface area contributed by atoms with E-state index >= 15 is 0 Å². The first kappa shape index (κ1) is 16.1. The summed E-state index contributed by atoms with van der Waals surface area (Å²) in [7, 11) is 0. The lowest BCUT2D eigenvalue weighted by atomic mass is 9.82. The predicted octanol–water partition coefficient (Wildman–Crippen LogP) is 2.54. The molecule has 2 heterocycles. The lowest BCUT2D eigenvalue weighted by molar-refractivity contribution is -0.125. The van der Waals surface area contributed by atoms with Crippen LogP contribution in [0.2, 0.25) is 0 Å². The van der Waals surface area contributed by atoms with Crippen LogP contribution < -0.4 is 4.84 Å². The van der Waals surface area contributed by atoms with Crippen molar-refractivity contribution in [1.29, 1.82) is 0 Å². The normalized spacial score (nSPS) is 29.9. The standard InChI is InChI=1S/C15H22N2O3.B/c1-11-4-6-12(7-5-11)14-9-15(16-19-14)20-17-8-2-3-13(17)10-18;/h9-13H,2-8H2,1H3;/t11?,12?,13-;/m0./s1. The molecule has 1 aliphatic heterocycles. The minimum absolute atomic E-state index is 0. The van der Waals surface area contributed by atoms with Crippen LogP contribution in [0.3, 0.4) is 0 Å². The predicted molar refractivity (Wildman–Crippen MR) is 79.1 cm³/mol. The maximum absolute atomic E-state index is 10.9. The van der Waals surface area contributed by atoms with E-state index in [9.17, 15) is 4.79 Å². The van der Waals surface area contributed by atoms with Gasteiger partial charge in [-0.25, -0.2) is 0 Å². The van der Waals surface area contributed by atoms with E-state index in [1.165, 1.54) is 12.8 Å². The van der Waals surface area contributed by atoms with Crippen molar-refractivity contribution < 1.29 is 14.2 Å². The third-order valence-electron chi connectivity index (χ3n) is 4.54. The van der Waals surface area contributed by atoms with Gasteiger partial charge in [-0.3, -0.25) is 0 Å². The van der Waals surface area contributed by atoms with Crippen LogP contribution in [-0.4, -0.2) is 37.5 Å². The molecule has 3 radical (unpaired) electrons. The lowest BCUT2D eigenvalue weighted by Crippen LogP contribution is -2.33. The first-order valence-corrected chi connectivity index (χ1v) is 7.63. The molecule has 6 heteroatoms. The van der Waals surface area contributed by atoms with Gasteiger partial charge in [0.05, 0.1) is 0 Å². The Kier molecular flexibility index (Phi) is 5.45. The van der Waals surface area contributed by atoms with Crippen LogP contribution in [0.4, 0.5) is 0 Å². The fourth-order valence-electron chi connectivity index (χ4n) is 3.19. The van der Waals surface area contributed by atoms with E-state index in [0.717, 1.165) is 50.2 Å². The Balaban J connectivity index is 0.00000161. The smallest absolute Gasteiger partial charge is 0.277 e. The van der Waals surface area contributed by atoms with E-state index in [2.05, 4.69) is 12.1 Å². The van der Waals surface area contributed by atoms with E-state index in [1.807, 2.05) is 6.07 Å². The van der Waals surface area contributed by atoms with Gasteiger partial charge in [-0.05, 0) is 36.8 Å². The van der Waals surface area contributed by atoms with Crippen LogP contribution in [0, 0.1) is 5.92 Å². The van der Waals surface area contributed by atoms with E-state index in [1.54, 1.807) is 5.06 Å². The summed E-state index contributed by atoms with van der Waals surface area (Å²) in [6, 6.07) is 1.74. The van der Waals surface area contributed by atoms with Crippen molar-refractivity contribution in [2.45, 2.75) is 57.4 Å². The summed E-state index contributed by atoms with van der Waals surface area (Å²) in [5, 5.41) is 5.69. The third-order valence-corrected chi connectivity index (χ3v) is 4.54. The fraction of sp³-hybridized carbons (Fsp3) is 0.733. The molecule has 1 aromatic rings. The zero-order valence-electron chi connectivity index (χ0n) is 12.5. The molecular weight excluding hydrogens is 267 g/mol. The average molecular weight is 289 g/mol. The number of hydrogen-bond acceptors (Lipinski definition) is 5. The molecule has 1 atom stereocenters. The van der Waals surface area contributed by atoms with Crippen molar-refractivity contribution in [2.75, 3.05) is 6.54 Å². The molecule has 21 heavy (non-hydrogen) atoms. The number of hydrogen-bond donors (Lipinski definition) is 0. The Bertz CT molecular complexity index is 458. The maximum Gasteiger partial charge on any atom is 0.277 e. The Morgan fingerprint density at radius 1 is 1.33 bits per heavy atom. The number of hydroxylamine groups is 2. The fourth-order valence-corrected chi connectivity index (χ4v) is 3.19. The molecule has 0 spiro atoms. The summed E-state index contributed by atoms with van der Waals surface area (Å²) in [5.41, 5.74) is 0. The van der Waals surface area contributed by atoms with Crippen LogP contribution >= 0.6 is 0 Å². The van der Waals surface area contributed by atoms with E-state index in [-0.39, 0.29) is 14.5 Å². The molecule has 0 bridgehead atoms. The van der Waals surface area contributed by atoms with Gasteiger partial charge in [0, 0.05) is 26.9 Å².